The number of amides is 1. The van der Waals surface area contributed by atoms with Crippen LogP contribution in [0, 0.1) is 0 Å². The molecule has 0 atom stereocenters. The second-order valence-corrected chi connectivity index (χ2v) is 6.47. The van der Waals surface area contributed by atoms with E-state index in [2.05, 4.69) is 0 Å². The van der Waals surface area contributed by atoms with E-state index in [4.69, 9.17) is 10.5 Å². The zero-order valence-corrected chi connectivity index (χ0v) is 14.9. The number of rotatable bonds is 6. The van der Waals surface area contributed by atoms with Gasteiger partial charge in [-0.25, -0.2) is 0 Å². The molecule has 0 bridgehead atoms. The number of carbonyl (C=O) groups excluding carboxylic acids is 1. The molecule has 0 aliphatic rings. The summed E-state index contributed by atoms with van der Waals surface area (Å²) in [4.78, 5) is 14.5. The molecule has 1 amide bonds. The van der Waals surface area contributed by atoms with Crippen LogP contribution in [0.4, 0.5) is 5.00 Å². The van der Waals surface area contributed by atoms with Crippen LogP contribution in [0.5, 0.6) is 5.75 Å². The topological polar surface area (TPSA) is 55.6 Å². The molecule has 0 fully saturated rings. The first kappa shape index (κ1) is 17.3. The Kier molecular flexibility index (Phi) is 5.66. The largest absolute Gasteiger partial charge is 0.491 e. The van der Waals surface area contributed by atoms with E-state index in [-0.39, 0.29) is 12.0 Å². The lowest BCUT2D eigenvalue weighted by Gasteiger charge is -2.19. The van der Waals surface area contributed by atoms with Gasteiger partial charge in [-0.1, -0.05) is 12.1 Å². The average molecular weight is 332 g/mol. The third kappa shape index (κ3) is 3.85. The minimum Gasteiger partial charge on any atom is -0.491 e. The highest BCUT2D eigenvalue weighted by molar-refractivity contribution is 7.15. The molecule has 4 nitrogen and oxygen atoms in total. The summed E-state index contributed by atoms with van der Waals surface area (Å²) >= 11 is 1.41. The first-order valence-corrected chi connectivity index (χ1v) is 8.79. The van der Waals surface area contributed by atoms with Gasteiger partial charge in [0.05, 0.1) is 16.7 Å². The number of thiophene rings is 1. The number of nitrogen functional groups attached to an aromatic ring is 1. The van der Waals surface area contributed by atoms with Crippen LogP contribution in [-0.2, 0) is 0 Å². The number of hydrogen-bond acceptors (Lipinski definition) is 4. The van der Waals surface area contributed by atoms with Gasteiger partial charge in [0.25, 0.3) is 5.91 Å². The van der Waals surface area contributed by atoms with E-state index in [0.717, 1.165) is 16.9 Å². The van der Waals surface area contributed by atoms with Gasteiger partial charge < -0.3 is 15.4 Å². The molecule has 0 saturated heterocycles. The van der Waals surface area contributed by atoms with E-state index in [1.165, 1.54) is 11.3 Å². The highest BCUT2D eigenvalue weighted by atomic mass is 32.1. The number of nitrogens with zero attached hydrogens (tertiary/aromatic N) is 1. The van der Waals surface area contributed by atoms with Crippen LogP contribution in [0.3, 0.4) is 0 Å². The van der Waals surface area contributed by atoms with Gasteiger partial charge in [-0.15, -0.1) is 11.3 Å². The lowest BCUT2D eigenvalue weighted by atomic mass is 10.0. The maximum atomic E-state index is 12.7. The third-order valence-corrected chi connectivity index (χ3v) is 4.43. The van der Waals surface area contributed by atoms with Crippen LogP contribution < -0.4 is 10.5 Å². The molecule has 2 rings (SSSR count). The van der Waals surface area contributed by atoms with E-state index >= 15 is 0 Å². The van der Waals surface area contributed by atoms with Crippen molar-refractivity contribution < 1.29 is 9.53 Å². The molecule has 1 aromatic carbocycles. The molecule has 0 unspecified atom stereocenters. The monoisotopic (exact) mass is 332 g/mol. The Bertz CT molecular complexity index is 658. The van der Waals surface area contributed by atoms with Crippen molar-refractivity contribution in [3.8, 4) is 16.9 Å². The second-order valence-electron chi connectivity index (χ2n) is 5.56. The van der Waals surface area contributed by atoms with Gasteiger partial charge in [0, 0.05) is 24.0 Å². The fourth-order valence-electron chi connectivity index (χ4n) is 2.46. The molecule has 5 heteroatoms. The van der Waals surface area contributed by atoms with E-state index in [1.54, 1.807) is 4.90 Å². The Hall–Kier alpha value is -2.01. The van der Waals surface area contributed by atoms with Gasteiger partial charge in [0.2, 0.25) is 0 Å². The summed E-state index contributed by atoms with van der Waals surface area (Å²) in [5.41, 5.74) is 8.54. The van der Waals surface area contributed by atoms with Gasteiger partial charge in [0.15, 0.2) is 0 Å². The van der Waals surface area contributed by atoms with E-state index < -0.39 is 0 Å². The molecule has 0 aliphatic heterocycles. The van der Waals surface area contributed by atoms with Gasteiger partial charge in [-0.05, 0) is 45.4 Å². The Morgan fingerprint density at radius 3 is 2.35 bits per heavy atom. The van der Waals surface area contributed by atoms with Crippen molar-refractivity contribution in [3.05, 3.63) is 35.2 Å². The second kappa shape index (κ2) is 7.51. The highest BCUT2D eigenvalue weighted by Gasteiger charge is 2.22. The summed E-state index contributed by atoms with van der Waals surface area (Å²) in [6, 6.07) is 7.79. The first-order chi connectivity index (χ1) is 11.0. The Morgan fingerprint density at radius 1 is 1.22 bits per heavy atom. The molecule has 2 aromatic rings. The quantitative estimate of drug-likeness (QED) is 0.859. The Balaban J connectivity index is 2.36. The maximum Gasteiger partial charge on any atom is 0.257 e. The molecule has 1 aromatic heterocycles. The van der Waals surface area contributed by atoms with E-state index in [9.17, 15) is 4.79 Å². The number of hydrogen-bond donors (Lipinski definition) is 1. The molecule has 0 spiro atoms. The van der Waals surface area contributed by atoms with Crippen LogP contribution in [0.15, 0.2) is 29.6 Å². The Labute approximate surface area is 141 Å². The molecule has 1 heterocycles. The van der Waals surface area contributed by atoms with Gasteiger partial charge in [-0.3, -0.25) is 4.79 Å². The lowest BCUT2D eigenvalue weighted by molar-refractivity contribution is 0.0775. The summed E-state index contributed by atoms with van der Waals surface area (Å²) in [6.45, 7) is 9.28. The predicted octanol–water partition coefficient (Wildman–Crippen LogP) is 4.27. The summed E-state index contributed by atoms with van der Waals surface area (Å²) < 4.78 is 5.66. The summed E-state index contributed by atoms with van der Waals surface area (Å²) in [6.07, 6.45) is 0.137. The Morgan fingerprint density at radius 2 is 1.83 bits per heavy atom. The fraction of sp³-hybridized carbons (Fsp3) is 0.389. The number of ether oxygens (including phenoxy) is 1. The molecule has 0 aliphatic carbocycles. The van der Waals surface area contributed by atoms with Crippen molar-refractivity contribution in [2.75, 3.05) is 18.8 Å². The van der Waals surface area contributed by atoms with Crippen molar-refractivity contribution in [2.45, 2.75) is 33.8 Å². The molecule has 0 saturated carbocycles. The molecule has 23 heavy (non-hydrogen) atoms. The number of anilines is 1. The number of nitrogens with two attached hydrogens (primary N) is 1. The normalized spacial score (nSPS) is 10.8. The van der Waals surface area contributed by atoms with E-state index in [0.29, 0.717) is 23.7 Å². The minimum atomic E-state index is -0.00810. The van der Waals surface area contributed by atoms with Crippen LogP contribution in [-0.4, -0.2) is 30.0 Å². The van der Waals surface area contributed by atoms with Crippen molar-refractivity contribution in [1.29, 1.82) is 0 Å². The van der Waals surface area contributed by atoms with E-state index in [1.807, 2.05) is 57.3 Å². The molecule has 124 valence electrons. The van der Waals surface area contributed by atoms with Gasteiger partial charge >= 0.3 is 0 Å². The average Bonchev–Trinajstić information content (AvgIpc) is 2.90. The summed E-state index contributed by atoms with van der Waals surface area (Å²) in [5, 5.41) is 2.52. The minimum absolute atomic E-state index is 0.00810. The number of benzene rings is 1. The third-order valence-electron chi connectivity index (χ3n) is 3.62. The van der Waals surface area contributed by atoms with Crippen molar-refractivity contribution in [2.24, 2.45) is 0 Å². The van der Waals surface area contributed by atoms with Crippen molar-refractivity contribution >= 4 is 22.2 Å². The van der Waals surface area contributed by atoms with Crippen molar-refractivity contribution in [3.63, 3.8) is 0 Å². The van der Waals surface area contributed by atoms with Crippen LogP contribution in [0.2, 0.25) is 0 Å². The van der Waals surface area contributed by atoms with Crippen LogP contribution in [0.25, 0.3) is 11.1 Å². The summed E-state index contributed by atoms with van der Waals surface area (Å²) in [7, 11) is 0. The molecular formula is C18H24N2O2S. The SMILES string of the molecule is CCN(CC)C(=O)c1c(-c2ccc(OC(C)C)cc2)csc1N. The molecular weight excluding hydrogens is 308 g/mol. The predicted molar refractivity (Wildman–Crippen MR) is 97.2 cm³/mol. The van der Waals surface area contributed by atoms with Crippen LogP contribution >= 0.6 is 11.3 Å². The fourth-order valence-corrected chi connectivity index (χ4v) is 3.27. The first-order valence-electron chi connectivity index (χ1n) is 7.91. The lowest BCUT2D eigenvalue weighted by Crippen LogP contribution is -2.31. The summed E-state index contributed by atoms with van der Waals surface area (Å²) in [5.74, 6) is 0.815. The smallest absolute Gasteiger partial charge is 0.257 e. The maximum absolute atomic E-state index is 12.7. The highest BCUT2D eigenvalue weighted by Crippen LogP contribution is 2.35. The van der Waals surface area contributed by atoms with Crippen molar-refractivity contribution in [1.82, 2.24) is 4.90 Å². The van der Waals surface area contributed by atoms with Crippen LogP contribution in [0.1, 0.15) is 38.1 Å². The van der Waals surface area contributed by atoms with Gasteiger partial charge in [-0.2, -0.15) is 0 Å². The molecule has 0 radical (unpaired) electrons. The molecule has 2 N–H and O–H groups in total. The zero-order chi connectivity index (χ0) is 17.0. The number of carbonyl (C=O) groups is 1. The standard InChI is InChI=1S/C18H24N2O2S/c1-5-20(6-2)18(21)16-15(11-23-17(16)19)13-7-9-14(10-8-13)22-12(3)4/h7-12H,5-6,19H2,1-4H3. The zero-order valence-electron chi connectivity index (χ0n) is 14.1. The van der Waals surface area contributed by atoms with Gasteiger partial charge in [0.1, 0.15) is 5.75 Å².